The molecule has 0 amide bonds. The summed E-state index contributed by atoms with van der Waals surface area (Å²) in [5.74, 6) is -2.91. The van der Waals surface area contributed by atoms with Gasteiger partial charge in [0.15, 0.2) is 5.11 Å². The monoisotopic (exact) mass is 456 g/mol. The van der Waals surface area contributed by atoms with E-state index in [4.69, 9.17) is 22.7 Å². The number of thiocarbonyl (C=S) groups is 1. The number of rotatable bonds is 8. The van der Waals surface area contributed by atoms with Crippen LogP contribution in [-0.4, -0.2) is 22.5 Å². The summed E-state index contributed by atoms with van der Waals surface area (Å²) in [6, 6.07) is 13.8. The zero-order chi connectivity index (χ0) is 23.1. The zero-order valence-electron chi connectivity index (χ0n) is 17.3. The Balaban J connectivity index is 1.93. The molecular weight excluding hydrogens is 434 g/mol. The molecule has 3 aromatic rings. The summed E-state index contributed by atoms with van der Waals surface area (Å²) in [4.78, 5) is 17.1. The van der Waals surface area contributed by atoms with Gasteiger partial charge >= 0.3 is 0 Å². The molecule has 0 spiro atoms. The van der Waals surface area contributed by atoms with Gasteiger partial charge in [-0.05, 0) is 42.9 Å². The number of ether oxygens (including phenoxy) is 1. The molecule has 0 fully saturated rings. The van der Waals surface area contributed by atoms with Crippen molar-refractivity contribution in [3.8, 4) is 5.75 Å². The number of hydrogen-bond acceptors (Lipinski definition) is 5. The van der Waals surface area contributed by atoms with E-state index in [0.29, 0.717) is 6.42 Å². The van der Waals surface area contributed by atoms with Crippen LogP contribution in [0.5, 0.6) is 5.75 Å². The Labute approximate surface area is 189 Å². The third kappa shape index (κ3) is 5.55. The van der Waals surface area contributed by atoms with E-state index >= 15 is 0 Å². The lowest BCUT2D eigenvalue weighted by atomic mass is 10.0. The molecule has 0 unspecified atom stereocenters. The predicted molar refractivity (Wildman–Crippen MR) is 125 cm³/mol. The molecule has 3 rings (SSSR count). The Morgan fingerprint density at radius 3 is 2.41 bits per heavy atom. The third-order valence-electron chi connectivity index (χ3n) is 4.46. The maximum atomic E-state index is 14.2. The topological polar surface area (TPSA) is 89.3 Å². The Bertz CT molecular complexity index is 1110. The lowest BCUT2D eigenvalue weighted by Crippen LogP contribution is -2.21. The van der Waals surface area contributed by atoms with Crippen LogP contribution < -0.4 is 21.1 Å². The minimum atomic E-state index is -0.996. The summed E-state index contributed by atoms with van der Waals surface area (Å²) in [5, 5.41) is 6.11. The molecule has 0 aliphatic heterocycles. The number of nitrogens with one attached hydrogen (secondary N) is 2. The predicted octanol–water partition coefficient (Wildman–Crippen LogP) is 5.16. The number of nitrogens with zero attached hydrogens (tertiary/aromatic N) is 1. The molecule has 0 aliphatic rings. The van der Waals surface area contributed by atoms with Gasteiger partial charge < -0.3 is 21.1 Å². The highest BCUT2D eigenvalue weighted by Gasteiger charge is 2.26. The number of pyridine rings is 1. The molecule has 4 N–H and O–H groups in total. The van der Waals surface area contributed by atoms with E-state index in [9.17, 15) is 13.6 Å². The molecule has 0 aliphatic carbocycles. The standard InChI is InChI=1S/C23H22F2N4O2S/c1-2-3-12-31-17-13-18(29-23(32)27-14-8-5-4-6-9-14)28-22(26)20(17)21(30)19-15(24)10-7-11-16(19)25/h4-11,13H,2-3,12H2,1H3,(H4,26,27,28,29,32). The van der Waals surface area contributed by atoms with Crippen molar-refractivity contribution in [3.05, 3.63) is 77.4 Å². The van der Waals surface area contributed by atoms with Crippen molar-refractivity contribution in [2.75, 3.05) is 23.0 Å². The zero-order valence-corrected chi connectivity index (χ0v) is 18.1. The molecule has 6 nitrogen and oxygen atoms in total. The molecule has 32 heavy (non-hydrogen) atoms. The van der Waals surface area contributed by atoms with E-state index in [1.54, 1.807) is 0 Å². The number of nitrogens with two attached hydrogens (primary N) is 1. The van der Waals surface area contributed by atoms with E-state index < -0.39 is 23.0 Å². The highest BCUT2D eigenvalue weighted by Crippen LogP contribution is 2.31. The fourth-order valence-corrected chi connectivity index (χ4v) is 3.14. The third-order valence-corrected chi connectivity index (χ3v) is 4.66. The summed E-state index contributed by atoms with van der Waals surface area (Å²) < 4.78 is 34.2. The number of halogens is 2. The Hall–Kier alpha value is -3.59. The number of hydrogen-bond donors (Lipinski definition) is 3. The van der Waals surface area contributed by atoms with Gasteiger partial charge in [-0.1, -0.05) is 37.6 Å². The molecule has 0 radical (unpaired) electrons. The molecular formula is C23H22F2N4O2S. The first kappa shape index (κ1) is 23.1. The maximum absolute atomic E-state index is 14.2. The van der Waals surface area contributed by atoms with Crippen LogP contribution in [0, 0.1) is 11.6 Å². The quantitative estimate of drug-likeness (QED) is 0.245. The van der Waals surface area contributed by atoms with Crippen molar-refractivity contribution in [2.24, 2.45) is 0 Å². The summed E-state index contributed by atoms with van der Waals surface area (Å²) in [6.45, 7) is 2.26. The summed E-state index contributed by atoms with van der Waals surface area (Å²) in [6.07, 6.45) is 1.56. The number of unbranched alkanes of at least 4 members (excludes halogenated alkanes) is 1. The average Bonchev–Trinajstić information content (AvgIpc) is 2.74. The van der Waals surface area contributed by atoms with Crippen LogP contribution in [0.2, 0.25) is 0 Å². The number of anilines is 3. The van der Waals surface area contributed by atoms with Crippen LogP contribution in [-0.2, 0) is 0 Å². The Kier molecular flexibility index (Phi) is 7.67. The van der Waals surface area contributed by atoms with Crippen LogP contribution in [0.15, 0.2) is 54.6 Å². The molecule has 0 saturated heterocycles. The fourth-order valence-electron chi connectivity index (χ4n) is 2.91. The van der Waals surface area contributed by atoms with Gasteiger partial charge in [-0.25, -0.2) is 13.8 Å². The minimum Gasteiger partial charge on any atom is -0.493 e. The van der Waals surface area contributed by atoms with Gasteiger partial charge in [-0.15, -0.1) is 0 Å². The number of aromatic nitrogens is 1. The molecule has 0 bridgehead atoms. The van der Waals surface area contributed by atoms with Crippen molar-refractivity contribution < 1.29 is 18.3 Å². The molecule has 0 atom stereocenters. The summed E-state index contributed by atoms with van der Waals surface area (Å²) in [7, 11) is 0. The second-order valence-corrected chi connectivity index (χ2v) is 7.25. The highest BCUT2D eigenvalue weighted by atomic mass is 32.1. The Morgan fingerprint density at radius 2 is 1.75 bits per heavy atom. The van der Waals surface area contributed by atoms with Crippen LogP contribution in [0.1, 0.15) is 35.7 Å². The number of carbonyl (C=O) groups is 1. The van der Waals surface area contributed by atoms with Crippen LogP contribution >= 0.6 is 12.2 Å². The maximum Gasteiger partial charge on any atom is 0.206 e. The van der Waals surface area contributed by atoms with E-state index in [1.165, 1.54) is 12.1 Å². The van der Waals surface area contributed by atoms with Crippen LogP contribution in [0.3, 0.4) is 0 Å². The van der Waals surface area contributed by atoms with Crippen molar-refractivity contribution in [2.45, 2.75) is 19.8 Å². The number of para-hydroxylation sites is 1. The number of nitrogen functional groups attached to an aromatic ring is 1. The largest absolute Gasteiger partial charge is 0.493 e. The van der Waals surface area contributed by atoms with Crippen molar-refractivity contribution in [1.29, 1.82) is 0 Å². The van der Waals surface area contributed by atoms with Gasteiger partial charge in [-0.2, -0.15) is 0 Å². The van der Waals surface area contributed by atoms with Crippen LogP contribution in [0.25, 0.3) is 0 Å². The van der Waals surface area contributed by atoms with Gasteiger partial charge in [0.05, 0.1) is 12.2 Å². The molecule has 1 aromatic heterocycles. The van der Waals surface area contributed by atoms with Gasteiger partial charge in [0.2, 0.25) is 5.78 Å². The van der Waals surface area contributed by atoms with Crippen LogP contribution in [0.4, 0.5) is 26.1 Å². The first-order valence-corrected chi connectivity index (χ1v) is 10.4. The highest BCUT2D eigenvalue weighted by molar-refractivity contribution is 7.80. The number of ketones is 1. The molecule has 9 heteroatoms. The van der Waals surface area contributed by atoms with E-state index in [-0.39, 0.29) is 34.7 Å². The van der Waals surface area contributed by atoms with E-state index in [2.05, 4.69) is 15.6 Å². The van der Waals surface area contributed by atoms with Gasteiger partial charge in [-0.3, -0.25) is 4.79 Å². The van der Waals surface area contributed by atoms with Gasteiger partial charge in [0, 0.05) is 11.8 Å². The number of benzene rings is 2. The SMILES string of the molecule is CCCCOc1cc(NC(=S)Nc2ccccc2)nc(N)c1C(=O)c1c(F)cccc1F. The summed E-state index contributed by atoms with van der Waals surface area (Å²) >= 11 is 5.30. The van der Waals surface area contributed by atoms with E-state index in [0.717, 1.165) is 24.2 Å². The first-order valence-electron chi connectivity index (χ1n) is 9.95. The molecule has 166 valence electrons. The molecule has 0 saturated carbocycles. The van der Waals surface area contributed by atoms with E-state index in [1.807, 2.05) is 37.3 Å². The summed E-state index contributed by atoms with van der Waals surface area (Å²) in [5.41, 5.74) is 5.87. The lowest BCUT2D eigenvalue weighted by molar-refractivity contribution is 0.102. The lowest BCUT2D eigenvalue weighted by Gasteiger charge is -2.16. The normalized spacial score (nSPS) is 10.5. The van der Waals surface area contributed by atoms with Crippen molar-refractivity contribution >= 4 is 40.4 Å². The molecule has 1 heterocycles. The first-order chi connectivity index (χ1) is 15.4. The minimum absolute atomic E-state index is 0.0589. The van der Waals surface area contributed by atoms with Crippen molar-refractivity contribution in [1.82, 2.24) is 4.98 Å². The smallest absolute Gasteiger partial charge is 0.206 e. The second kappa shape index (κ2) is 10.6. The fraction of sp³-hybridized carbons (Fsp3) is 0.174. The Morgan fingerprint density at radius 1 is 1.06 bits per heavy atom. The number of carbonyl (C=O) groups excluding carboxylic acids is 1. The molecule has 2 aromatic carbocycles. The second-order valence-electron chi connectivity index (χ2n) is 6.84. The van der Waals surface area contributed by atoms with Crippen molar-refractivity contribution in [3.63, 3.8) is 0 Å². The van der Waals surface area contributed by atoms with Gasteiger partial charge in [0.1, 0.15) is 34.6 Å². The average molecular weight is 457 g/mol. The van der Waals surface area contributed by atoms with Gasteiger partial charge in [0.25, 0.3) is 0 Å².